The standard InChI is InChI=1S/C13H17ClN2/c1-8(2)10-5-11(9(3)4)13-15-6-12(14)16(13)7-10/h5-9H,1-4H3. The minimum absolute atomic E-state index is 0.458. The van der Waals surface area contributed by atoms with E-state index in [9.17, 15) is 0 Å². The molecule has 2 rings (SSSR count). The Balaban J connectivity index is 2.75. The smallest absolute Gasteiger partial charge is 0.141 e. The lowest BCUT2D eigenvalue weighted by Crippen LogP contribution is -2.00. The number of rotatable bonds is 2. The van der Waals surface area contributed by atoms with Crippen molar-refractivity contribution in [1.82, 2.24) is 9.38 Å². The fourth-order valence-electron chi connectivity index (χ4n) is 1.85. The average Bonchev–Trinajstić information content (AvgIpc) is 2.59. The zero-order valence-corrected chi connectivity index (χ0v) is 10.9. The molecule has 0 aromatic carbocycles. The summed E-state index contributed by atoms with van der Waals surface area (Å²) in [5, 5.41) is 0.680. The molecule has 0 aliphatic carbocycles. The fourth-order valence-corrected chi connectivity index (χ4v) is 2.03. The van der Waals surface area contributed by atoms with Gasteiger partial charge in [0.2, 0.25) is 0 Å². The van der Waals surface area contributed by atoms with Gasteiger partial charge in [0, 0.05) is 6.20 Å². The zero-order valence-electron chi connectivity index (χ0n) is 10.2. The molecule has 2 heterocycles. The minimum Gasteiger partial charge on any atom is -0.290 e. The van der Waals surface area contributed by atoms with Crippen molar-refractivity contribution >= 4 is 17.2 Å². The Hall–Kier alpha value is -1.02. The summed E-state index contributed by atoms with van der Waals surface area (Å²) in [7, 11) is 0. The minimum atomic E-state index is 0.458. The van der Waals surface area contributed by atoms with Crippen molar-refractivity contribution in [3.8, 4) is 0 Å². The third-order valence-corrected chi connectivity index (χ3v) is 3.18. The number of imidazole rings is 1. The number of pyridine rings is 1. The Kier molecular flexibility index (Phi) is 2.94. The van der Waals surface area contributed by atoms with Crippen LogP contribution in [0.15, 0.2) is 18.5 Å². The summed E-state index contributed by atoms with van der Waals surface area (Å²) in [6.45, 7) is 8.75. The van der Waals surface area contributed by atoms with Crippen molar-refractivity contribution in [3.05, 3.63) is 34.7 Å². The molecule has 86 valence electrons. The van der Waals surface area contributed by atoms with E-state index in [0.29, 0.717) is 17.0 Å². The molecule has 0 bridgehead atoms. The van der Waals surface area contributed by atoms with Crippen molar-refractivity contribution in [2.24, 2.45) is 0 Å². The summed E-state index contributed by atoms with van der Waals surface area (Å²) in [5.41, 5.74) is 3.54. The van der Waals surface area contributed by atoms with Gasteiger partial charge in [-0.1, -0.05) is 45.4 Å². The molecule has 3 heteroatoms. The topological polar surface area (TPSA) is 17.3 Å². The second-order valence-electron chi connectivity index (χ2n) is 4.81. The molecule has 16 heavy (non-hydrogen) atoms. The van der Waals surface area contributed by atoms with Gasteiger partial charge in [-0.3, -0.25) is 4.40 Å². The highest BCUT2D eigenvalue weighted by Gasteiger charge is 2.12. The van der Waals surface area contributed by atoms with Gasteiger partial charge in [0.05, 0.1) is 6.20 Å². The fraction of sp³-hybridized carbons (Fsp3) is 0.462. The van der Waals surface area contributed by atoms with Crippen LogP contribution in [0.2, 0.25) is 5.15 Å². The van der Waals surface area contributed by atoms with Gasteiger partial charge in [-0.05, 0) is 23.0 Å². The van der Waals surface area contributed by atoms with E-state index >= 15 is 0 Å². The second kappa shape index (κ2) is 4.10. The normalized spacial score (nSPS) is 11.9. The first-order valence-electron chi connectivity index (χ1n) is 5.67. The monoisotopic (exact) mass is 236 g/mol. The number of hydrogen-bond donors (Lipinski definition) is 0. The Labute approximate surface area is 101 Å². The summed E-state index contributed by atoms with van der Waals surface area (Å²) in [6, 6.07) is 2.24. The van der Waals surface area contributed by atoms with E-state index in [2.05, 4.69) is 44.9 Å². The van der Waals surface area contributed by atoms with Crippen LogP contribution in [0, 0.1) is 0 Å². The molecule has 0 aliphatic heterocycles. The first kappa shape index (κ1) is 11.5. The number of hydrogen-bond acceptors (Lipinski definition) is 1. The summed E-state index contributed by atoms with van der Waals surface area (Å²) in [6.07, 6.45) is 3.80. The van der Waals surface area contributed by atoms with Gasteiger partial charge < -0.3 is 0 Å². The van der Waals surface area contributed by atoms with Crippen molar-refractivity contribution in [2.45, 2.75) is 39.5 Å². The molecule has 0 atom stereocenters. The Morgan fingerprint density at radius 3 is 2.44 bits per heavy atom. The van der Waals surface area contributed by atoms with Crippen molar-refractivity contribution in [3.63, 3.8) is 0 Å². The lowest BCUT2D eigenvalue weighted by Gasteiger charge is -2.13. The molecule has 2 nitrogen and oxygen atoms in total. The highest BCUT2D eigenvalue weighted by molar-refractivity contribution is 6.29. The van der Waals surface area contributed by atoms with E-state index in [1.54, 1.807) is 6.20 Å². The zero-order chi connectivity index (χ0) is 11.9. The third-order valence-electron chi connectivity index (χ3n) is 2.90. The molecule has 0 spiro atoms. The molecule has 0 aliphatic rings. The van der Waals surface area contributed by atoms with Crippen molar-refractivity contribution in [1.29, 1.82) is 0 Å². The highest BCUT2D eigenvalue weighted by atomic mass is 35.5. The Morgan fingerprint density at radius 2 is 1.88 bits per heavy atom. The van der Waals surface area contributed by atoms with E-state index in [1.807, 2.05) is 4.40 Å². The average molecular weight is 237 g/mol. The molecule has 0 N–H and O–H groups in total. The van der Waals surface area contributed by atoms with E-state index in [4.69, 9.17) is 11.6 Å². The predicted octanol–water partition coefficient (Wildman–Crippen LogP) is 4.23. The van der Waals surface area contributed by atoms with Crippen LogP contribution in [-0.4, -0.2) is 9.38 Å². The van der Waals surface area contributed by atoms with Crippen LogP contribution in [0.3, 0.4) is 0 Å². The van der Waals surface area contributed by atoms with E-state index in [0.717, 1.165) is 5.65 Å². The molecule has 0 saturated carbocycles. The van der Waals surface area contributed by atoms with Crippen LogP contribution in [-0.2, 0) is 0 Å². The van der Waals surface area contributed by atoms with Gasteiger partial charge in [-0.25, -0.2) is 4.98 Å². The molecule has 0 amide bonds. The van der Waals surface area contributed by atoms with Gasteiger partial charge in [-0.2, -0.15) is 0 Å². The molecule has 0 unspecified atom stereocenters. The number of nitrogens with zero attached hydrogens (tertiary/aromatic N) is 2. The van der Waals surface area contributed by atoms with E-state index in [-0.39, 0.29) is 0 Å². The van der Waals surface area contributed by atoms with Gasteiger partial charge in [0.1, 0.15) is 10.8 Å². The van der Waals surface area contributed by atoms with Crippen LogP contribution < -0.4 is 0 Å². The van der Waals surface area contributed by atoms with Crippen molar-refractivity contribution in [2.75, 3.05) is 0 Å². The van der Waals surface area contributed by atoms with Gasteiger partial charge in [0.15, 0.2) is 0 Å². The van der Waals surface area contributed by atoms with Crippen LogP contribution in [0.5, 0.6) is 0 Å². The number of fused-ring (bicyclic) bond motifs is 1. The predicted molar refractivity (Wildman–Crippen MR) is 68.4 cm³/mol. The molecule has 2 aromatic heterocycles. The Bertz CT molecular complexity index is 512. The molecular formula is C13H17ClN2. The Morgan fingerprint density at radius 1 is 1.19 bits per heavy atom. The lowest BCUT2D eigenvalue weighted by atomic mass is 9.98. The largest absolute Gasteiger partial charge is 0.290 e. The molecule has 2 aromatic rings. The van der Waals surface area contributed by atoms with Gasteiger partial charge in [0.25, 0.3) is 0 Å². The quantitative estimate of drug-likeness (QED) is 0.763. The molecule has 0 fully saturated rings. The van der Waals surface area contributed by atoms with Crippen LogP contribution >= 0.6 is 11.6 Å². The first-order chi connectivity index (χ1) is 7.50. The summed E-state index contributed by atoms with van der Waals surface area (Å²) >= 11 is 6.13. The van der Waals surface area contributed by atoms with Gasteiger partial charge >= 0.3 is 0 Å². The highest BCUT2D eigenvalue weighted by Crippen LogP contribution is 2.26. The molecule has 0 saturated heterocycles. The van der Waals surface area contributed by atoms with Gasteiger partial charge in [-0.15, -0.1) is 0 Å². The maximum Gasteiger partial charge on any atom is 0.141 e. The number of halogens is 1. The van der Waals surface area contributed by atoms with Crippen LogP contribution in [0.1, 0.15) is 50.7 Å². The van der Waals surface area contributed by atoms with E-state index < -0.39 is 0 Å². The maximum absolute atomic E-state index is 6.13. The summed E-state index contributed by atoms with van der Waals surface area (Å²) in [5.74, 6) is 0.958. The second-order valence-corrected chi connectivity index (χ2v) is 5.20. The first-order valence-corrected chi connectivity index (χ1v) is 6.05. The molecular weight excluding hydrogens is 220 g/mol. The summed E-state index contributed by atoms with van der Waals surface area (Å²) < 4.78 is 1.98. The SMILES string of the molecule is CC(C)c1cc(C(C)C)c2ncc(Cl)n2c1. The summed E-state index contributed by atoms with van der Waals surface area (Å²) in [4.78, 5) is 4.37. The maximum atomic E-state index is 6.13. The lowest BCUT2D eigenvalue weighted by molar-refractivity contribution is 0.820. The molecule has 0 radical (unpaired) electrons. The van der Waals surface area contributed by atoms with Crippen molar-refractivity contribution < 1.29 is 0 Å². The van der Waals surface area contributed by atoms with Crippen LogP contribution in [0.25, 0.3) is 5.65 Å². The number of aromatic nitrogens is 2. The van der Waals surface area contributed by atoms with E-state index in [1.165, 1.54) is 11.1 Å². The third kappa shape index (κ3) is 1.82. The van der Waals surface area contributed by atoms with Crippen LogP contribution in [0.4, 0.5) is 0 Å².